The molecule has 1 unspecified atom stereocenters. The van der Waals surface area contributed by atoms with Gasteiger partial charge in [-0.2, -0.15) is 0 Å². The van der Waals surface area contributed by atoms with Crippen LogP contribution in [-0.2, 0) is 4.74 Å². The molecular weight excluding hydrogens is 112 g/mol. The molecule has 0 aromatic rings. The van der Waals surface area contributed by atoms with E-state index in [9.17, 15) is 0 Å². The number of hydrogen-bond acceptors (Lipinski definition) is 1. The molecule has 0 aromatic carbocycles. The summed E-state index contributed by atoms with van der Waals surface area (Å²) in [6.07, 6.45) is 8.49. The van der Waals surface area contributed by atoms with Gasteiger partial charge in [0.2, 0.25) is 0 Å². The number of rotatable bonds is 2. The Balaban J connectivity index is 2.18. The Morgan fingerprint density at radius 3 is 3.00 bits per heavy atom. The summed E-state index contributed by atoms with van der Waals surface area (Å²) in [5, 5.41) is 0. The van der Waals surface area contributed by atoms with Gasteiger partial charge >= 0.3 is 0 Å². The number of ether oxygens (including phenoxy) is 1. The highest BCUT2D eigenvalue weighted by molar-refractivity contribution is 4.90. The lowest BCUT2D eigenvalue weighted by atomic mass is 10.1. The molecule has 1 nitrogen and oxygen atoms in total. The van der Waals surface area contributed by atoms with Crippen LogP contribution in [0.15, 0.2) is 12.2 Å². The van der Waals surface area contributed by atoms with Gasteiger partial charge in [-0.3, -0.25) is 0 Å². The monoisotopic (exact) mass is 126 g/mol. The van der Waals surface area contributed by atoms with Crippen molar-refractivity contribution in [1.82, 2.24) is 0 Å². The summed E-state index contributed by atoms with van der Waals surface area (Å²) in [5.41, 5.74) is 0. The van der Waals surface area contributed by atoms with Gasteiger partial charge in [-0.15, -0.1) is 0 Å². The van der Waals surface area contributed by atoms with Crippen molar-refractivity contribution in [3.05, 3.63) is 12.2 Å². The van der Waals surface area contributed by atoms with E-state index in [0.29, 0.717) is 6.10 Å². The normalized spacial score (nSPS) is 26.6. The molecule has 0 fully saturated rings. The van der Waals surface area contributed by atoms with E-state index in [2.05, 4.69) is 19.1 Å². The highest BCUT2D eigenvalue weighted by Crippen LogP contribution is 2.13. The molecule has 1 atom stereocenters. The molecule has 1 aliphatic rings. The molecule has 0 bridgehead atoms. The van der Waals surface area contributed by atoms with E-state index in [-0.39, 0.29) is 0 Å². The fraction of sp³-hybridized carbons (Fsp3) is 0.750. The molecule has 1 heteroatoms. The van der Waals surface area contributed by atoms with Gasteiger partial charge in [-0.05, 0) is 26.2 Å². The van der Waals surface area contributed by atoms with Gasteiger partial charge in [0.05, 0.1) is 6.10 Å². The maximum absolute atomic E-state index is 5.43. The molecule has 1 aliphatic carbocycles. The number of allylic oxidation sites excluding steroid dienone is 1. The third-order valence-electron chi connectivity index (χ3n) is 1.62. The van der Waals surface area contributed by atoms with E-state index < -0.39 is 0 Å². The lowest BCUT2D eigenvalue weighted by molar-refractivity contribution is 0.0570. The summed E-state index contributed by atoms with van der Waals surface area (Å²) < 4.78 is 5.43. The molecule has 0 radical (unpaired) electrons. The average molecular weight is 126 g/mol. The van der Waals surface area contributed by atoms with Gasteiger partial charge < -0.3 is 4.74 Å². The zero-order valence-corrected chi connectivity index (χ0v) is 5.97. The predicted molar refractivity (Wildman–Crippen MR) is 38.4 cm³/mol. The van der Waals surface area contributed by atoms with Gasteiger partial charge in [0.25, 0.3) is 0 Å². The first-order chi connectivity index (χ1) is 4.43. The quantitative estimate of drug-likeness (QED) is 0.515. The first-order valence-corrected chi connectivity index (χ1v) is 3.70. The first kappa shape index (κ1) is 6.81. The molecule has 0 amide bonds. The van der Waals surface area contributed by atoms with Gasteiger partial charge in [0.15, 0.2) is 0 Å². The molecule has 1 rings (SSSR count). The minimum absolute atomic E-state index is 0.514. The average Bonchev–Trinajstić information content (AvgIpc) is 1.91. The van der Waals surface area contributed by atoms with Crippen LogP contribution in [0.25, 0.3) is 0 Å². The van der Waals surface area contributed by atoms with Crippen LogP contribution in [0.4, 0.5) is 0 Å². The predicted octanol–water partition coefficient (Wildman–Crippen LogP) is 2.13. The van der Waals surface area contributed by atoms with Crippen LogP contribution < -0.4 is 0 Å². The molecule has 0 saturated heterocycles. The van der Waals surface area contributed by atoms with Crippen LogP contribution in [0, 0.1) is 0 Å². The van der Waals surface area contributed by atoms with Crippen molar-refractivity contribution in [3.8, 4) is 0 Å². The molecule has 0 aromatic heterocycles. The second kappa shape index (κ2) is 3.67. The van der Waals surface area contributed by atoms with E-state index in [4.69, 9.17) is 4.74 Å². The molecular formula is C8H14O. The first-order valence-electron chi connectivity index (χ1n) is 3.70. The Bertz CT molecular complexity index is 96.7. The zero-order valence-electron chi connectivity index (χ0n) is 5.97. The minimum Gasteiger partial charge on any atom is -0.378 e. The Hall–Kier alpha value is -0.300. The van der Waals surface area contributed by atoms with E-state index in [1.807, 2.05) is 0 Å². The van der Waals surface area contributed by atoms with Crippen LogP contribution in [-0.4, -0.2) is 12.7 Å². The lowest BCUT2D eigenvalue weighted by Crippen LogP contribution is -2.13. The van der Waals surface area contributed by atoms with Crippen LogP contribution >= 0.6 is 0 Å². The third-order valence-corrected chi connectivity index (χ3v) is 1.62. The fourth-order valence-corrected chi connectivity index (χ4v) is 1.15. The molecule has 0 heterocycles. The largest absolute Gasteiger partial charge is 0.378 e. The summed E-state index contributed by atoms with van der Waals surface area (Å²) in [6, 6.07) is 0. The van der Waals surface area contributed by atoms with E-state index in [1.165, 1.54) is 12.8 Å². The van der Waals surface area contributed by atoms with Crippen LogP contribution in [0.2, 0.25) is 0 Å². The van der Waals surface area contributed by atoms with Crippen LogP contribution in [0.3, 0.4) is 0 Å². The topological polar surface area (TPSA) is 9.23 Å². The van der Waals surface area contributed by atoms with Gasteiger partial charge in [-0.25, -0.2) is 0 Å². The van der Waals surface area contributed by atoms with E-state index in [0.717, 1.165) is 13.0 Å². The summed E-state index contributed by atoms with van der Waals surface area (Å²) in [7, 11) is 0. The SMILES string of the molecule is CCOC1CC=CCC1. The number of hydrogen-bond donors (Lipinski definition) is 0. The molecule has 0 spiro atoms. The van der Waals surface area contributed by atoms with E-state index in [1.54, 1.807) is 0 Å². The Labute approximate surface area is 56.7 Å². The Kier molecular flexibility index (Phi) is 2.78. The molecule has 9 heavy (non-hydrogen) atoms. The third kappa shape index (κ3) is 2.19. The summed E-state index contributed by atoms with van der Waals surface area (Å²) in [4.78, 5) is 0. The van der Waals surface area contributed by atoms with Gasteiger partial charge in [0.1, 0.15) is 0 Å². The summed E-state index contributed by atoms with van der Waals surface area (Å²) >= 11 is 0. The van der Waals surface area contributed by atoms with Crippen LogP contribution in [0.1, 0.15) is 26.2 Å². The van der Waals surface area contributed by atoms with Crippen molar-refractivity contribution in [1.29, 1.82) is 0 Å². The van der Waals surface area contributed by atoms with Crippen molar-refractivity contribution in [2.24, 2.45) is 0 Å². The van der Waals surface area contributed by atoms with Crippen molar-refractivity contribution in [2.75, 3.05) is 6.61 Å². The van der Waals surface area contributed by atoms with Crippen molar-refractivity contribution >= 4 is 0 Å². The standard InChI is InChI=1S/C8H14O/c1-2-9-8-6-4-3-5-7-8/h3-4,8H,2,5-7H2,1H3. The van der Waals surface area contributed by atoms with E-state index >= 15 is 0 Å². The Morgan fingerprint density at radius 2 is 2.44 bits per heavy atom. The minimum atomic E-state index is 0.514. The molecule has 0 N–H and O–H groups in total. The van der Waals surface area contributed by atoms with Gasteiger partial charge in [-0.1, -0.05) is 12.2 Å². The fourth-order valence-electron chi connectivity index (χ4n) is 1.15. The zero-order chi connectivity index (χ0) is 6.53. The maximum Gasteiger partial charge on any atom is 0.0612 e. The second-order valence-electron chi connectivity index (χ2n) is 2.36. The Morgan fingerprint density at radius 1 is 1.56 bits per heavy atom. The second-order valence-corrected chi connectivity index (χ2v) is 2.36. The summed E-state index contributed by atoms with van der Waals surface area (Å²) in [6.45, 7) is 2.91. The summed E-state index contributed by atoms with van der Waals surface area (Å²) in [5.74, 6) is 0. The lowest BCUT2D eigenvalue weighted by Gasteiger charge is -2.16. The van der Waals surface area contributed by atoms with Crippen molar-refractivity contribution in [2.45, 2.75) is 32.3 Å². The molecule has 52 valence electrons. The smallest absolute Gasteiger partial charge is 0.0612 e. The maximum atomic E-state index is 5.43. The molecule has 0 saturated carbocycles. The van der Waals surface area contributed by atoms with Crippen LogP contribution in [0.5, 0.6) is 0 Å². The van der Waals surface area contributed by atoms with Gasteiger partial charge in [0, 0.05) is 6.61 Å². The van der Waals surface area contributed by atoms with Crippen molar-refractivity contribution < 1.29 is 4.74 Å². The highest BCUT2D eigenvalue weighted by atomic mass is 16.5. The molecule has 0 aliphatic heterocycles. The van der Waals surface area contributed by atoms with Crippen molar-refractivity contribution in [3.63, 3.8) is 0 Å². The highest BCUT2D eigenvalue weighted by Gasteiger charge is 2.07.